The van der Waals surface area contributed by atoms with Crippen LogP contribution in [0.5, 0.6) is 0 Å². The van der Waals surface area contributed by atoms with E-state index in [9.17, 15) is 0 Å². The second kappa shape index (κ2) is 6.14. The Labute approximate surface area is 192 Å². The van der Waals surface area contributed by atoms with Crippen molar-refractivity contribution >= 4 is 0 Å². The van der Waals surface area contributed by atoms with Gasteiger partial charge in [0.25, 0.3) is 0 Å². The molecule has 0 bridgehead atoms. The number of ether oxygens (including phenoxy) is 1. The molecule has 1 unspecified atom stereocenters. The van der Waals surface area contributed by atoms with Crippen LogP contribution in [0.3, 0.4) is 0 Å². The zero-order valence-corrected chi connectivity index (χ0v) is 21.8. The molecule has 2 spiro atoms. The van der Waals surface area contributed by atoms with Gasteiger partial charge in [0.05, 0.1) is 11.7 Å². The van der Waals surface area contributed by atoms with E-state index in [1.165, 1.54) is 64.2 Å². The van der Waals surface area contributed by atoms with Crippen molar-refractivity contribution in [2.24, 2.45) is 50.7 Å². The molecule has 0 aromatic carbocycles. The van der Waals surface area contributed by atoms with Crippen LogP contribution in [0, 0.1) is 50.7 Å². The van der Waals surface area contributed by atoms with Gasteiger partial charge in [-0.15, -0.1) is 0 Å². The Bertz CT molecular complexity index is 768. The van der Waals surface area contributed by atoms with Crippen LogP contribution in [-0.4, -0.2) is 11.7 Å². The molecule has 31 heavy (non-hydrogen) atoms. The first-order chi connectivity index (χ1) is 14.4. The number of rotatable bonds is 2. The molecule has 0 N–H and O–H groups in total. The van der Waals surface area contributed by atoms with E-state index in [2.05, 4.69) is 48.5 Å². The molecule has 1 aliphatic heterocycles. The highest BCUT2D eigenvalue weighted by Crippen LogP contribution is 2.89. The van der Waals surface area contributed by atoms with Gasteiger partial charge in [0, 0.05) is 0 Å². The van der Waals surface area contributed by atoms with E-state index in [0.29, 0.717) is 33.7 Å². The van der Waals surface area contributed by atoms with Gasteiger partial charge in [0.2, 0.25) is 0 Å². The summed E-state index contributed by atoms with van der Waals surface area (Å²) in [6.07, 6.45) is 18.2. The molecule has 1 nitrogen and oxygen atoms in total. The molecular formula is C30H50O. The molecule has 0 aromatic rings. The van der Waals surface area contributed by atoms with Gasteiger partial charge in [-0.3, -0.25) is 0 Å². The first-order valence-electron chi connectivity index (χ1n) is 14.1. The molecule has 1 heteroatoms. The standard InChI is InChI=1S/C30H50O/c1-20(2)21-11-16-28(7,31-21)23-12-15-26(5)24-10-9-22-25(3,4)13-8-14-29(22)19-30(24,29)18-17-27(23,26)6/h20-24H,8-19H2,1-7H3/t21-,22-,23-,24?,26-,27+,28+,29+,30-/m0/s1. The maximum absolute atomic E-state index is 6.94. The van der Waals surface area contributed by atoms with Gasteiger partial charge in [0.1, 0.15) is 0 Å². The third-order valence-electron chi connectivity index (χ3n) is 13.7. The number of hydrogen-bond donors (Lipinski definition) is 0. The molecule has 0 radical (unpaired) electrons. The lowest BCUT2D eigenvalue weighted by atomic mass is 9.42. The van der Waals surface area contributed by atoms with Crippen molar-refractivity contribution in [3.8, 4) is 0 Å². The minimum atomic E-state index is 0.122. The predicted molar refractivity (Wildman–Crippen MR) is 129 cm³/mol. The number of hydrogen-bond acceptors (Lipinski definition) is 1. The number of fused-ring (bicyclic) bond motifs is 2. The second-order valence-corrected chi connectivity index (χ2v) is 15.2. The summed E-state index contributed by atoms with van der Waals surface area (Å²) in [4.78, 5) is 0. The van der Waals surface area contributed by atoms with Gasteiger partial charge < -0.3 is 4.74 Å². The fourth-order valence-corrected chi connectivity index (χ4v) is 12.0. The van der Waals surface area contributed by atoms with Gasteiger partial charge in [-0.05, 0) is 128 Å². The van der Waals surface area contributed by atoms with Gasteiger partial charge >= 0.3 is 0 Å². The summed E-state index contributed by atoms with van der Waals surface area (Å²) in [6, 6.07) is 0. The van der Waals surface area contributed by atoms with Crippen LogP contribution < -0.4 is 0 Å². The normalized spacial score (nSPS) is 59.6. The lowest BCUT2D eigenvalue weighted by Crippen LogP contribution is -2.57. The van der Waals surface area contributed by atoms with Gasteiger partial charge in [-0.1, -0.05) is 48.0 Å². The maximum Gasteiger partial charge on any atom is 0.0692 e. The van der Waals surface area contributed by atoms with Crippen LogP contribution >= 0.6 is 0 Å². The topological polar surface area (TPSA) is 9.23 Å². The Morgan fingerprint density at radius 2 is 1.32 bits per heavy atom. The summed E-state index contributed by atoms with van der Waals surface area (Å²) in [5.74, 6) is 3.42. The molecule has 1 saturated heterocycles. The molecule has 176 valence electrons. The fraction of sp³-hybridized carbons (Fsp3) is 1.00. The van der Waals surface area contributed by atoms with Crippen molar-refractivity contribution in [3.05, 3.63) is 0 Å². The average Bonchev–Trinajstić information content (AvgIpc) is 3.01. The fourth-order valence-electron chi connectivity index (χ4n) is 12.0. The molecule has 6 aliphatic rings. The second-order valence-electron chi connectivity index (χ2n) is 15.2. The molecule has 5 saturated carbocycles. The molecule has 6 fully saturated rings. The van der Waals surface area contributed by atoms with Crippen molar-refractivity contribution in [2.75, 3.05) is 0 Å². The van der Waals surface area contributed by atoms with E-state index >= 15 is 0 Å². The molecule has 5 aliphatic carbocycles. The average molecular weight is 427 g/mol. The predicted octanol–water partition coefficient (Wildman–Crippen LogP) is 8.41. The minimum absolute atomic E-state index is 0.122. The first-order valence-corrected chi connectivity index (χ1v) is 14.1. The van der Waals surface area contributed by atoms with Crippen molar-refractivity contribution in [1.82, 2.24) is 0 Å². The lowest BCUT2D eigenvalue weighted by molar-refractivity contribution is -0.172. The monoisotopic (exact) mass is 426 g/mol. The highest BCUT2D eigenvalue weighted by molar-refractivity contribution is 5.30. The maximum atomic E-state index is 6.94. The van der Waals surface area contributed by atoms with E-state index in [1.54, 1.807) is 12.8 Å². The SMILES string of the molecule is CC(C)[C@@H]1CC[C@](C)([C@H]2CC[C@@]3(C)C4CC[C@H]5C(C)(C)CCC[C@@]56C[C@@]46CC[C@]23C)O1. The highest BCUT2D eigenvalue weighted by atomic mass is 16.5. The van der Waals surface area contributed by atoms with Crippen LogP contribution in [-0.2, 0) is 4.74 Å². The van der Waals surface area contributed by atoms with Gasteiger partial charge in [-0.25, -0.2) is 0 Å². The molecule has 1 heterocycles. The summed E-state index contributed by atoms with van der Waals surface area (Å²) in [5.41, 5.74) is 3.17. The molecule has 0 amide bonds. The third kappa shape index (κ3) is 2.39. The van der Waals surface area contributed by atoms with Crippen molar-refractivity contribution < 1.29 is 4.74 Å². The first kappa shape index (κ1) is 21.5. The molecule has 9 atom stereocenters. The smallest absolute Gasteiger partial charge is 0.0692 e. The van der Waals surface area contributed by atoms with Crippen molar-refractivity contribution in [3.63, 3.8) is 0 Å². The minimum Gasteiger partial charge on any atom is -0.371 e. The Morgan fingerprint density at radius 1 is 0.645 bits per heavy atom. The Morgan fingerprint density at radius 3 is 2.03 bits per heavy atom. The largest absolute Gasteiger partial charge is 0.371 e. The van der Waals surface area contributed by atoms with E-state index in [-0.39, 0.29) is 5.60 Å². The summed E-state index contributed by atoms with van der Waals surface area (Å²) >= 11 is 0. The van der Waals surface area contributed by atoms with Crippen LogP contribution in [0.15, 0.2) is 0 Å². The Kier molecular flexibility index (Phi) is 4.26. The Balaban J connectivity index is 1.32. The third-order valence-corrected chi connectivity index (χ3v) is 13.7. The van der Waals surface area contributed by atoms with E-state index in [4.69, 9.17) is 4.74 Å². The molecular weight excluding hydrogens is 376 g/mol. The summed E-state index contributed by atoms with van der Waals surface area (Å²) < 4.78 is 6.94. The molecule has 6 rings (SSSR count). The quantitative estimate of drug-likeness (QED) is 0.430. The van der Waals surface area contributed by atoms with Crippen molar-refractivity contribution in [1.29, 1.82) is 0 Å². The molecule has 0 aromatic heterocycles. The zero-order valence-electron chi connectivity index (χ0n) is 21.8. The van der Waals surface area contributed by atoms with E-state index in [1.807, 2.05) is 0 Å². The van der Waals surface area contributed by atoms with Crippen LogP contribution in [0.2, 0.25) is 0 Å². The van der Waals surface area contributed by atoms with Crippen LogP contribution in [0.1, 0.15) is 126 Å². The summed E-state index contributed by atoms with van der Waals surface area (Å²) in [5, 5.41) is 0. The van der Waals surface area contributed by atoms with Crippen LogP contribution in [0.25, 0.3) is 0 Å². The van der Waals surface area contributed by atoms with E-state index < -0.39 is 0 Å². The van der Waals surface area contributed by atoms with Gasteiger partial charge in [0.15, 0.2) is 0 Å². The van der Waals surface area contributed by atoms with Gasteiger partial charge in [-0.2, -0.15) is 0 Å². The zero-order chi connectivity index (χ0) is 22.1. The van der Waals surface area contributed by atoms with Crippen molar-refractivity contribution in [2.45, 2.75) is 137 Å². The Hall–Kier alpha value is -0.0400. The van der Waals surface area contributed by atoms with E-state index in [0.717, 1.165) is 23.2 Å². The van der Waals surface area contributed by atoms with Crippen LogP contribution in [0.4, 0.5) is 0 Å². The summed E-state index contributed by atoms with van der Waals surface area (Å²) in [6.45, 7) is 18.0. The summed E-state index contributed by atoms with van der Waals surface area (Å²) in [7, 11) is 0. The highest BCUT2D eigenvalue weighted by Gasteiger charge is 2.82. The lowest BCUT2D eigenvalue weighted by Gasteiger charge is -2.63.